The predicted octanol–water partition coefficient (Wildman–Crippen LogP) is 10.0. The van der Waals surface area contributed by atoms with Crippen LogP contribution in [-0.2, 0) is 18.7 Å². The lowest BCUT2D eigenvalue weighted by molar-refractivity contribution is -0.245. The zero-order chi connectivity index (χ0) is 25.5. The highest BCUT2D eigenvalue weighted by Crippen LogP contribution is 2.49. The lowest BCUT2D eigenvalue weighted by atomic mass is 10.1. The minimum atomic E-state index is -4.32. The van der Waals surface area contributed by atoms with Crippen LogP contribution in [0.5, 0.6) is 0 Å². The van der Waals surface area contributed by atoms with Crippen LogP contribution in [0.3, 0.4) is 0 Å². The number of carboxylic acid groups (broad SMARTS) is 1. The summed E-state index contributed by atoms with van der Waals surface area (Å²) < 4.78 is 22.3. The van der Waals surface area contributed by atoms with E-state index in [0.29, 0.717) is 6.42 Å². The van der Waals surface area contributed by atoms with Crippen molar-refractivity contribution in [2.75, 3.05) is 12.4 Å². The third kappa shape index (κ3) is 18.2. The maximum absolute atomic E-state index is 12.4. The summed E-state index contributed by atoms with van der Waals surface area (Å²) in [6.07, 6.45) is 20.2. The average Bonchev–Trinajstić information content (AvgIpc) is 2.83. The largest absolute Gasteiger partial charge is 0.472 e. The van der Waals surface area contributed by atoms with Crippen LogP contribution >= 0.6 is 19.4 Å². The Kier molecular flexibility index (Phi) is 23.3. The zero-order valence-electron chi connectivity index (χ0n) is 22.4. The number of hydrogen-bond donors (Lipinski definition) is 1. The lowest BCUT2D eigenvalue weighted by Crippen LogP contribution is -2.24. The standard InChI is InChI=1S/C26H53O6PS/c1-5-8-10-12-14-16-18-20-23-34-25(21-19-17-15-13-11-9-6-2)24(4)31-32-33(29,26(27)28)30-22-7-3/h24-25H,5-23H2,1-4H3,(H,27,28). The molecule has 6 nitrogen and oxygen atoms in total. The van der Waals surface area contributed by atoms with Gasteiger partial charge in [-0.2, -0.15) is 11.8 Å². The van der Waals surface area contributed by atoms with Crippen LogP contribution in [-0.4, -0.2) is 34.5 Å². The molecule has 0 aliphatic heterocycles. The van der Waals surface area contributed by atoms with Crippen molar-refractivity contribution in [2.45, 2.75) is 148 Å². The summed E-state index contributed by atoms with van der Waals surface area (Å²) >= 11 is 1.87. The van der Waals surface area contributed by atoms with E-state index < -0.39 is 13.3 Å². The molecule has 204 valence electrons. The molecule has 0 aromatic heterocycles. The summed E-state index contributed by atoms with van der Waals surface area (Å²) in [4.78, 5) is 16.8. The first-order chi connectivity index (χ1) is 16.4. The molecule has 0 heterocycles. The van der Waals surface area contributed by atoms with Crippen molar-refractivity contribution in [2.24, 2.45) is 0 Å². The summed E-state index contributed by atoms with van der Waals surface area (Å²) in [5, 5.41) is 9.44. The van der Waals surface area contributed by atoms with Gasteiger partial charge in [0.1, 0.15) is 6.10 Å². The van der Waals surface area contributed by atoms with Crippen molar-refractivity contribution in [1.29, 1.82) is 0 Å². The van der Waals surface area contributed by atoms with Gasteiger partial charge < -0.3 is 5.11 Å². The molecule has 0 aliphatic rings. The first-order valence-corrected chi connectivity index (χ1v) is 16.4. The fourth-order valence-electron chi connectivity index (χ4n) is 3.73. The van der Waals surface area contributed by atoms with Gasteiger partial charge in [-0.05, 0) is 31.9 Å². The van der Waals surface area contributed by atoms with Crippen molar-refractivity contribution in [3.63, 3.8) is 0 Å². The third-order valence-electron chi connectivity index (χ3n) is 5.94. The van der Waals surface area contributed by atoms with Gasteiger partial charge in [0.25, 0.3) is 0 Å². The van der Waals surface area contributed by atoms with Crippen LogP contribution in [0.15, 0.2) is 0 Å². The van der Waals surface area contributed by atoms with Gasteiger partial charge in [-0.3, -0.25) is 4.52 Å². The van der Waals surface area contributed by atoms with Crippen molar-refractivity contribution in [3.05, 3.63) is 0 Å². The smallest absolute Gasteiger partial charge is 0.464 e. The Morgan fingerprint density at radius 2 is 1.29 bits per heavy atom. The van der Waals surface area contributed by atoms with E-state index in [-0.39, 0.29) is 18.0 Å². The number of unbranched alkanes of at least 4 members (excludes halogenated alkanes) is 13. The molecule has 0 aliphatic carbocycles. The van der Waals surface area contributed by atoms with E-state index in [2.05, 4.69) is 13.8 Å². The van der Waals surface area contributed by atoms with Crippen LogP contribution in [0.2, 0.25) is 0 Å². The highest BCUT2D eigenvalue weighted by molar-refractivity contribution is 7.99. The van der Waals surface area contributed by atoms with E-state index in [4.69, 9.17) is 14.1 Å². The quantitative estimate of drug-likeness (QED) is 0.0521. The molecule has 0 aromatic rings. The summed E-state index contributed by atoms with van der Waals surface area (Å²) in [5.74, 6) is 1.05. The third-order valence-corrected chi connectivity index (χ3v) is 8.78. The van der Waals surface area contributed by atoms with E-state index >= 15 is 0 Å². The Morgan fingerprint density at radius 3 is 1.79 bits per heavy atom. The molecule has 0 bridgehead atoms. The van der Waals surface area contributed by atoms with Gasteiger partial charge in [0.2, 0.25) is 0 Å². The molecule has 3 unspecified atom stereocenters. The average molecular weight is 525 g/mol. The Balaban J connectivity index is 4.51. The van der Waals surface area contributed by atoms with E-state index in [1.165, 1.54) is 89.9 Å². The van der Waals surface area contributed by atoms with Gasteiger partial charge in [0.15, 0.2) is 0 Å². The van der Waals surface area contributed by atoms with Crippen LogP contribution in [0, 0.1) is 0 Å². The van der Waals surface area contributed by atoms with E-state index in [1.54, 1.807) is 0 Å². The first kappa shape index (κ1) is 33.9. The number of carbonyl (C=O) groups is 1. The molecule has 1 N–H and O–H groups in total. The molecule has 8 heteroatoms. The number of hydrogen-bond acceptors (Lipinski definition) is 6. The Hall–Kier alpha value is -0.0700. The SMILES string of the molecule is CCCCCCCCCCSC(CCCCCCCCC)C(C)OOP(=O)(OCCC)C(=O)O. The number of rotatable bonds is 26. The van der Waals surface area contributed by atoms with Crippen molar-refractivity contribution < 1.29 is 28.6 Å². The Morgan fingerprint density at radius 1 is 0.794 bits per heavy atom. The first-order valence-electron chi connectivity index (χ1n) is 13.9. The second-order valence-electron chi connectivity index (χ2n) is 9.28. The van der Waals surface area contributed by atoms with E-state index in [0.717, 1.165) is 18.6 Å². The number of thioether (sulfide) groups is 1. The Labute approximate surface area is 214 Å². The topological polar surface area (TPSA) is 82.1 Å². The minimum Gasteiger partial charge on any atom is -0.472 e. The molecule has 0 fully saturated rings. The van der Waals surface area contributed by atoms with Gasteiger partial charge in [-0.25, -0.2) is 14.2 Å². The van der Waals surface area contributed by atoms with Crippen LogP contribution in [0.1, 0.15) is 137 Å². The molecule has 0 amide bonds. The molecule has 3 atom stereocenters. The van der Waals surface area contributed by atoms with E-state index in [1.807, 2.05) is 25.6 Å². The van der Waals surface area contributed by atoms with Crippen molar-refractivity contribution in [3.8, 4) is 0 Å². The lowest BCUT2D eigenvalue weighted by Gasteiger charge is -2.24. The van der Waals surface area contributed by atoms with Crippen LogP contribution in [0.4, 0.5) is 4.79 Å². The van der Waals surface area contributed by atoms with Crippen LogP contribution in [0.25, 0.3) is 0 Å². The fraction of sp³-hybridized carbons (Fsp3) is 0.962. The fourth-order valence-corrected chi connectivity index (χ4v) is 5.95. The molecule has 0 saturated heterocycles. The van der Waals surface area contributed by atoms with Gasteiger partial charge in [0.05, 0.1) is 6.61 Å². The molecular weight excluding hydrogens is 471 g/mol. The molecule has 0 saturated carbocycles. The van der Waals surface area contributed by atoms with Gasteiger partial charge in [-0.1, -0.05) is 111 Å². The second-order valence-corrected chi connectivity index (χ2v) is 12.4. The van der Waals surface area contributed by atoms with E-state index in [9.17, 15) is 14.5 Å². The highest BCUT2D eigenvalue weighted by Gasteiger charge is 2.38. The predicted molar refractivity (Wildman–Crippen MR) is 145 cm³/mol. The summed E-state index contributed by atoms with van der Waals surface area (Å²) in [5.41, 5.74) is -1.61. The molecule has 0 aromatic carbocycles. The molecule has 0 spiro atoms. The Bertz CT molecular complexity index is 520. The maximum Gasteiger partial charge on any atom is 0.464 e. The van der Waals surface area contributed by atoms with Gasteiger partial charge in [-0.15, -0.1) is 4.67 Å². The normalized spacial score (nSPS) is 15.2. The maximum atomic E-state index is 12.4. The zero-order valence-corrected chi connectivity index (χ0v) is 24.1. The second kappa shape index (κ2) is 23.3. The summed E-state index contributed by atoms with van der Waals surface area (Å²) in [6.45, 7) is 8.22. The molecular formula is C26H53O6PS. The van der Waals surface area contributed by atoms with Crippen molar-refractivity contribution in [1.82, 2.24) is 0 Å². The van der Waals surface area contributed by atoms with Crippen molar-refractivity contribution >= 4 is 25.1 Å². The summed E-state index contributed by atoms with van der Waals surface area (Å²) in [6, 6.07) is 0. The molecule has 0 radical (unpaired) electrons. The highest BCUT2D eigenvalue weighted by atomic mass is 32.2. The molecule has 0 rings (SSSR count). The summed E-state index contributed by atoms with van der Waals surface area (Å²) in [7, 11) is -4.32. The van der Waals surface area contributed by atoms with Crippen LogP contribution < -0.4 is 0 Å². The van der Waals surface area contributed by atoms with Gasteiger partial charge in [0, 0.05) is 5.25 Å². The minimum absolute atomic E-state index is 0.0516. The molecule has 34 heavy (non-hydrogen) atoms. The van der Waals surface area contributed by atoms with Gasteiger partial charge >= 0.3 is 13.3 Å². The monoisotopic (exact) mass is 524 g/mol.